The van der Waals surface area contributed by atoms with Crippen LogP contribution < -0.4 is 9.62 Å². The number of hydrogen-bond acceptors (Lipinski definition) is 4. The van der Waals surface area contributed by atoms with E-state index in [9.17, 15) is 18.0 Å². The van der Waals surface area contributed by atoms with Gasteiger partial charge in [0.05, 0.1) is 10.6 Å². The number of amides is 2. The quantitative estimate of drug-likeness (QED) is 0.353. The lowest BCUT2D eigenvalue weighted by molar-refractivity contribution is -0.140. The van der Waals surface area contributed by atoms with Crippen molar-refractivity contribution in [3.05, 3.63) is 95.0 Å². The highest BCUT2D eigenvalue weighted by Crippen LogP contribution is 2.31. The summed E-state index contributed by atoms with van der Waals surface area (Å²) in [5, 5.41) is 3.27. The Hall–Kier alpha value is -3.36. The Morgan fingerprint density at radius 2 is 1.53 bits per heavy atom. The molecule has 3 aromatic carbocycles. The average molecular weight is 556 g/mol. The lowest BCUT2D eigenvalue weighted by atomic mass is 10.1. The van der Waals surface area contributed by atoms with Crippen LogP contribution in [0.1, 0.15) is 38.3 Å². The molecule has 7 nitrogen and oxygen atoms in total. The second-order valence-corrected chi connectivity index (χ2v) is 11.6. The van der Waals surface area contributed by atoms with Crippen molar-refractivity contribution in [3.63, 3.8) is 0 Å². The SMILES string of the molecule is CC[C@@H](C(=O)NC(C)C)N(Cc1ccccc1)C(=O)CN(c1cccc(Cl)c1C)S(=O)(=O)c1ccccc1. The van der Waals surface area contributed by atoms with Crippen molar-refractivity contribution in [3.8, 4) is 0 Å². The van der Waals surface area contributed by atoms with E-state index in [0.29, 0.717) is 22.7 Å². The maximum absolute atomic E-state index is 14.0. The minimum atomic E-state index is -4.14. The minimum Gasteiger partial charge on any atom is -0.352 e. The zero-order chi connectivity index (χ0) is 27.9. The van der Waals surface area contributed by atoms with Gasteiger partial charge in [0.15, 0.2) is 0 Å². The Balaban J connectivity index is 2.08. The molecule has 0 aliphatic heterocycles. The van der Waals surface area contributed by atoms with Gasteiger partial charge in [-0.2, -0.15) is 0 Å². The standard InChI is InChI=1S/C29H34ClN3O4S/c1-5-26(29(35)31-21(2)3)32(19-23-13-8-6-9-14-23)28(34)20-33(27-18-12-17-25(30)22(27)4)38(36,37)24-15-10-7-11-16-24/h6-18,21,26H,5,19-20H2,1-4H3,(H,31,35)/t26-/m0/s1. The fourth-order valence-corrected chi connectivity index (χ4v) is 5.84. The number of carbonyl (C=O) groups is 2. The van der Waals surface area contributed by atoms with Gasteiger partial charge in [-0.05, 0) is 62.6 Å². The van der Waals surface area contributed by atoms with E-state index in [1.807, 2.05) is 51.1 Å². The van der Waals surface area contributed by atoms with Crippen molar-refractivity contribution in [2.45, 2.75) is 57.6 Å². The first-order valence-electron chi connectivity index (χ1n) is 12.5. The van der Waals surface area contributed by atoms with Gasteiger partial charge in [-0.15, -0.1) is 0 Å². The molecule has 0 radical (unpaired) electrons. The Kier molecular flexibility index (Phi) is 9.94. The normalized spacial score (nSPS) is 12.2. The fraction of sp³-hybridized carbons (Fsp3) is 0.310. The fourth-order valence-electron chi connectivity index (χ4n) is 4.18. The van der Waals surface area contributed by atoms with Crippen molar-refractivity contribution in [1.29, 1.82) is 0 Å². The number of sulfonamides is 1. The molecule has 0 aliphatic carbocycles. The van der Waals surface area contributed by atoms with Gasteiger partial charge in [-0.1, -0.05) is 73.1 Å². The molecule has 0 fully saturated rings. The molecule has 0 aliphatic rings. The maximum Gasteiger partial charge on any atom is 0.264 e. The molecule has 0 spiro atoms. The maximum atomic E-state index is 14.0. The molecule has 3 aromatic rings. The zero-order valence-corrected chi connectivity index (χ0v) is 23.7. The van der Waals surface area contributed by atoms with E-state index in [1.54, 1.807) is 43.3 Å². The number of nitrogens with zero attached hydrogens (tertiary/aromatic N) is 2. The molecule has 9 heteroatoms. The Bertz CT molecular complexity index is 1350. The predicted octanol–water partition coefficient (Wildman–Crippen LogP) is 5.18. The van der Waals surface area contributed by atoms with Gasteiger partial charge in [0.25, 0.3) is 10.0 Å². The molecule has 202 valence electrons. The number of rotatable bonds is 11. The van der Waals surface area contributed by atoms with Crippen LogP contribution in [0.3, 0.4) is 0 Å². The molecule has 0 saturated carbocycles. The molecular formula is C29H34ClN3O4S. The molecule has 1 atom stereocenters. The summed E-state index contributed by atoms with van der Waals surface area (Å²) in [5.41, 5.74) is 1.66. The Labute approximate surface area is 230 Å². The van der Waals surface area contributed by atoms with Gasteiger partial charge in [-0.3, -0.25) is 13.9 Å². The highest BCUT2D eigenvalue weighted by atomic mass is 35.5. The Morgan fingerprint density at radius 1 is 0.921 bits per heavy atom. The first kappa shape index (κ1) is 29.2. The van der Waals surface area contributed by atoms with Gasteiger partial charge < -0.3 is 10.2 Å². The number of nitrogens with one attached hydrogen (secondary N) is 1. The number of hydrogen-bond donors (Lipinski definition) is 1. The second kappa shape index (κ2) is 12.9. The van der Waals surface area contributed by atoms with Gasteiger partial charge in [0.1, 0.15) is 12.6 Å². The second-order valence-electron chi connectivity index (χ2n) is 9.30. The number of benzene rings is 3. The summed E-state index contributed by atoms with van der Waals surface area (Å²) in [5.74, 6) is -0.790. The van der Waals surface area contributed by atoms with Crippen LogP contribution in [-0.4, -0.2) is 43.8 Å². The third-order valence-corrected chi connectivity index (χ3v) is 8.31. The summed E-state index contributed by atoms with van der Waals surface area (Å²) in [6, 6.07) is 21.3. The molecular weight excluding hydrogens is 522 g/mol. The smallest absolute Gasteiger partial charge is 0.264 e. The summed E-state index contributed by atoms with van der Waals surface area (Å²) < 4.78 is 28.8. The molecule has 38 heavy (non-hydrogen) atoms. The summed E-state index contributed by atoms with van der Waals surface area (Å²) >= 11 is 6.35. The first-order chi connectivity index (χ1) is 18.1. The first-order valence-corrected chi connectivity index (χ1v) is 14.3. The summed E-state index contributed by atoms with van der Waals surface area (Å²) in [6.45, 7) is 6.89. The Morgan fingerprint density at radius 3 is 2.11 bits per heavy atom. The van der Waals surface area contributed by atoms with E-state index in [2.05, 4.69) is 5.32 Å². The number of anilines is 1. The number of halogens is 1. The highest BCUT2D eigenvalue weighted by Gasteiger charge is 2.34. The van der Waals surface area contributed by atoms with Gasteiger partial charge in [0, 0.05) is 17.6 Å². The lowest BCUT2D eigenvalue weighted by Gasteiger charge is -2.34. The number of carbonyl (C=O) groups excluding carboxylic acids is 2. The summed E-state index contributed by atoms with van der Waals surface area (Å²) in [7, 11) is -4.14. The monoisotopic (exact) mass is 555 g/mol. The van der Waals surface area contributed by atoms with Crippen LogP contribution in [0.5, 0.6) is 0 Å². The van der Waals surface area contributed by atoms with E-state index >= 15 is 0 Å². The molecule has 0 heterocycles. The molecule has 0 unspecified atom stereocenters. The van der Waals surface area contributed by atoms with Crippen LogP contribution in [0.15, 0.2) is 83.8 Å². The highest BCUT2D eigenvalue weighted by molar-refractivity contribution is 7.92. The molecule has 0 saturated heterocycles. The van der Waals surface area contributed by atoms with Crippen molar-refractivity contribution in [1.82, 2.24) is 10.2 Å². The van der Waals surface area contributed by atoms with E-state index < -0.39 is 28.5 Å². The van der Waals surface area contributed by atoms with E-state index in [0.717, 1.165) is 9.87 Å². The van der Waals surface area contributed by atoms with Crippen LogP contribution >= 0.6 is 11.6 Å². The van der Waals surface area contributed by atoms with Crippen LogP contribution in [0.2, 0.25) is 5.02 Å². The molecule has 0 bridgehead atoms. The third-order valence-electron chi connectivity index (χ3n) is 6.13. The van der Waals surface area contributed by atoms with Crippen LogP contribution in [-0.2, 0) is 26.2 Å². The molecule has 0 aromatic heterocycles. The van der Waals surface area contributed by atoms with Gasteiger partial charge >= 0.3 is 0 Å². The van der Waals surface area contributed by atoms with E-state index in [1.165, 1.54) is 17.0 Å². The van der Waals surface area contributed by atoms with Crippen LogP contribution in [0.25, 0.3) is 0 Å². The van der Waals surface area contributed by atoms with Crippen LogP contribution in [0, 0.1) is 6.92 Å². The van der Waals surface area contributed by atoms with Crippen molar-refractivity contribution in [2.75, 3.05) is 10.8 Å². The van der Waals surface area contributed by atoms with Gasteiger partial charge in [-0.25, -0.2) is 8.42 Å². The summed E-state index contributed by atoms with van der Waals surface area (Å²) in [6.07, 6.45) is 0.360. The van der Waals surface area contributed by atoms with Gasteiger partial charge in [0.2, 0.25) is 11.8 Å². The lowest BCUT2D eigenvalue weighted by Crippen LogP contribution is -2.53. The largest absolute Gasteiger partial charge is 0.352 e. The van der Waals surface area contributed by atoms with Crippen molar-refractivity contribution >= 4 is 39.1 Å². The van der Waals surface area contributed by atoms with E-state index in [-0.39, 0.29) is 23.4 Å². The molecule has 1 N–H and O–H groups in total. The third kappa shape index (κ3) is 6.94. The minimum absolute atomic E-state index is 0.0476. The molecule has 2 amide bonds. The van der Waals surface area contributed by atoms with E-state index in [4.69, 9.17) is 11.6 Å². The van der Waals surface area contributed by atoms with Crippen molar-refractivity contribution in [2.24, 2.45) is 0 Å². The average Bonchev–Trinajstić information content (AvgIpc) is 2.89. The van der Waals surface area contributed by atoms with Crippen LogP contribution in [0.4, 0.5) is 5.69 Å². The topological polar surface area (TPSA) is 86.8 Å². The predicted molar refractivity (Wildman–Crippen MR) is 152 cm³/mol. The molecule has 3 rings (SSSR count). The van der Waals surface area contributed by atoms with Crippen molar-refractivity contribution < 1.29 is 18.0 Å². The summed E-state index contributed by atoms with van der Waals surface area (Å²) in [4.78, 5) is 28.6. The zero-order valence-electron chi connectivity index (χ0n) is 22.1.